The molecular weight excluding hydrogens is 626 g/mol. The summed E-state index contributed by atoms with van der Waals surface area (Å²) in [6.07, 6.45) is 1.86. The highest BCUT2D eigenvalue weighted by molar-refractivity contribution is 6.37. The molecule has 46 heavy (non-hydrogen) atoms. The molecule has 8 rings (SSSR count). The zero-order valence-electron chi connectivity index (χ0n) is 25.1. The number of benzene rings is 3. The summed E-state index contributed by atoms with van der Waals surface area (Å²) >= 11 is 6.95. The van der Waals surface area contributed by atoms with Gasteiger partial charge < -0.3 is 24.8 Å². The van der Waals surface area contributed by atoms with Crippen LogP contribution < -0.4 is 19.7 Å². The van der Waals surface area contributed by atoms with Gasteiger partial charge in [-0.05, 0) is 49.4 Å². The van der Waals surface area contributed by atoms with Crippen molar-refractivity contribution in [1.29, 1.82) is 0 Å². The average Bonchev–Trinajstić information content (AvgIpc) is 3.50. The van der Waals surface area contributed by atoms with Crippen molar-refractivity contribution in [2.45, 2.75) is 56.4 Å². The number of halogens is 5. The molecule has 5 heterocycles. The quantitative estimate of drug-likeness (QED) is 0.248. The molecule has 0 amide bonds. The van der Waals surface area contributed by atoms with E-state index in [4.69, 9.17) is 26.1 Å². The topological polar surface area (TPSA) is 83.0 Å². The SMILES string of the molecule is CC[C@@H]1NCCN2c3nc(OC[C@@]45CCCN4C[C@H](F)C5)nc4c(F)c(-c5cc(O)cc6ccc(F)c(F)c56)c(Cl)c(c34)OC[C@H]12. The van der Waals surface area contributed by atoms with Crippen LogP contribution in [-0.4, -0.2) is 83.2 Å². The molecule has 0 unspecified atom stereocenters. The molecule has 0 radical (unpaired) electrons. The molecule has 3 aromatic carbocycles. The minimum absolute atomic E-state index is 0.0264. The van der Waals surface area contributed by atoms with Crippen LogP contribution in [0.15, 0.2) is 24.3 Å². The zero-order valence-corrected chi connectivity index (χ0v) is 25.8. The maximum atomic E-state index is 17.0. The van der Waals surface area contributed by atoms with E-state index in [9.17, 15) is 13.9 Å². The molecule has 0 spiro atoms. The molecule has 3 fully saturated rings. The molecule has 4 atom stereocenters. The third kappa shape index (κ3) is 4.47. The highest BCUT2D eigenvalue weighted by atomic mass is 35.5. The van der Waals surface area contributed by atoms with E-state index in [-0.39, 0.29) is 80.6 Å². The number of ether oxygens (including phenoxy) is 2. The lowest BCUT2D eigenvalue weighted by Gasteiger charge is -2.41. The van der Waals surface area contributed by atoms with E-state index in [0.717, 1.165) is 37.9 Å². The number of nitrogens with zero attached hydrogens (tertiary/aromatic N) is 4. The zero-order chi connectivity index (χ0) is 31.9. The molecule has 1 aromatic heterocycles. The maximum absolute atomic E-state index is 17.0. The van der Waals surface area contributed by atoms with Gasteiger partial charge in [0.1, 0.15) is 36.5 Å². The normalized spacial score (nSPS) is 25.9. The number of phenols is 1. The van der Waals surface area contributed by atoms with Crippen molar-refractivity contribution in [3.8, 4) is 28.6 Å². The van der Waals surface area contributed by atoms with Gasteiger partial charge in [-0.1, -0.05) is 24.6 Å². The minimum Gasteiger partial charge on any atom is -0.508 e. The molecule has 0 aliphatic carbocycles. The second-order valence-corrected chi connectivity index (χ2v) is 13.1. The van der Waals surface area contributed by atoms with Crippen LogP contribution in [0.25, 0.3) is 32.8 Å². The van der Waals surface area contributed by atoms with E-state index in [2.05, 4.69) is 27.0 Å². The Balaban J connectivity index is 1.35. The van der Waals surface area contributed by atoms with Crippen LogP contribution in [0, 0.1) is 17.5 Å². The number of alkyl halides is 1. The fourth-order valence-electron chi connectivity index (χ4n) is 8.05. The van der Waals surface area contributed by atoms with Crippen molar-refractivity contribution in [2.24, 2.45) is 0 Å². The van der Waals surface area contributed by atoms with Crippen LogP contribution in [0.2, 0.25) is 5.02 Å². The van der Waals surface area contributed by atoms with E-state index in [1.807, 2.05) is 0 Å². The molecule has 8 nitrogen and oxygen atoms in total. The lowest BCUT2D eigenvalue weighted by atomic mass is 9.95. The van der Waals surface area contributed by atoms with Crippen LogP contribution in [0.1, 0.15) is 32.6 Å². The summed E-state index contributed by atoms with van der Waals surface area (Å²) in [5, 5.41) is 14.0. The van der Waals surface area contributed by atoms with Crippen LogP contribution in [0.4, 0.5) is 23.4 Å². The smallest absolute Gasteiger partial charge is 0.319 e. The fourth-order valence-corrected chi connectivity index (χ4v) is 8.38. The van der Waals surface area contributed by atoms with Crippen molar-refractivity contribution in [1.82, 2.24) is 20.2 Å². The number of piperazine rings is 1. The van der Waals surface area contributed by atoms with Crippen molar-refractivity contribution >= 4 is 39.1 Å². The predicted octanol–water partition coefficient (Wildman–Crippen LogP) is 6.13. The van der Waals surface area contributed by atoms with Crippen molar-refractivity contribution in [2.75, 3.05) is 44.3 Å². The summed E-state index contributed by atoms with van der Waals surface area (Å²) in [6, 6.07) is 4.39. The minimum atomic E-state index is -1.21. The third-order valence-corrected chi connectivity index (χ3v) is 10.5. The van der Waals surface area contributed by atoms with Gasteiger partial charge >= 0.3 is 6.01 Å². The van der Waals surface area contributed by atoms with Gasteiger partial charge in [0.05, 0.1) is 22.0 Å². The Morgan fingerprint density at radius 3 is 2.83 bits per heavy atom. The van der Waals surface area contributed by atoms with Gasteiger partial charge in [-0.15, -0.1) is 0 Å². The lowest BCUT2D eigenvalue weighted by molar-refractivity contribution is 0.107. The molecule has 13 heteroatoms. The summed E-state index contributed by atoms with van der Waals surface area (Å²) in [6.45, 7) is 4.68. The van der Waals surface area contributed by atoms with Crippen LogP contribution in [-0.2, 0) is 0 Å². The predicted molar refractivity (Wildman–Crippen MR) is 166 cm³/mol. The van der Waals surface area contributed by atoms with Gasteiger partial charge in [-0.3, -0.25) is 4.90 Å². The first-order chi connectivity index (χ1) is 22.2. The number of nitrogens with one attached hydrogen (secondary N) is 1. The van der Waals surface area contributed by atoms with Crippen molar-refractivity contribution in [3.05, 3.63) is 46.7 Å². The Bertz CT molecular complexity index is 1900. The molecule has 4 aliphatic heterocycles. The first kappa shape index (κ1) is 29.8. The number of aromatic nitrogens is 2. The highest BCUT2D eigenvalue weighted by Gasteiger charge is 2.49. The number of hydrogen-bond acceptors (Lipinski definition) is 8. The maximum Gasteiger partial charge on any atom is 0.319 e. The molecule has 0 bridgehead atoms. The van der Waals surface area contributed by atoms with E-state index in [1.165, 1.54) is 12.1 Å². The van der Waals surface area contributed by atoms with E-state index >= 15 is 8.78 Å². The molecule has 4 aliphatic rings. The van der Waals surface area contributed by atoms with E-state index < -0.39 is 29.2 Å². The summed E-state index contributed by atoms with van der Waals surface area (Å²) in [4.78, 5) is 13.5. The number of fused-ring (bicyclic) bond motifs is 4. The summed E-state index contributed by atoms with van der Waals surface area (Å²) in [5.74, 6) is -3.08. The van der Waals surface area contributed by atoms with E-state index in [1.54, 1.807) is 0 Å². The summed E-state index contributed by atoms with van der Waals surface area (Å²) < 4.78 is 74.0. The number of anilines is 1. The van der Waals surface area contributed by atoms with Gasteiger partial charge in [0.15, 0.2) is 23.2 Å². The molecule has 242 valence electrons. The lowest BCUT2D eigenvalue weighted by Crippen LogP contribution is -2.60. The molecular formula is C33H32ClF4N5O3. The van der Waals surface area contributed by atoms with Gasteiger partial charge in [0.25, 0.3) is 0 Å². The van der Waals surface area contributed by atoms with Crippen LogP contribution in [0.5, 0.6) is 17.5 Å². The molecule has 2 N–H and O–H groups in total. The van der Waals surface area contributed by atoms with Crippen molar-refractivity contribution in [3.63, 3.8) is 0 Å². The second-order valence-electron chi connectivity index (χ2n) is 12.7. The molecule has 3 saturated heterocycles. The number of phenolic OH excluding ortho intramolecular Hbond substituents is 1. The first-order valence-corrected chi connectivity index (χ1v) is 16.1. The Hall–Kier alpha value is -3.61. The Kier molecular flexibility index (Phi) is 7.11. The Morgan fingerprint density at radius 1 is 1.15 bits per heavy atom. The monoisotopic (exact) mass is 657 g/mol. The molecule has 4 aromatic rings. The van der Waals surface area contributed by atoms with Gasteiger partial charge in [-0.2, -0.15) is 9.97 Å². The number of rotatable bonds is 5. The first-order valence-electron chi connectivity index (χ1n) is 15.7. The largest absolute Gasteiger partial charge is 0.508 e. The Labute approximate surface area is 267 Å². The average molecular weight is 658 g/mol. The van der Waals surface area contributed by atoms with E-state index in [0.29, 0.717) is 31.9 Å². The number of hydrogen-bond donors (Lipinski definition) is 2. The fraction of sp³-hybridized carbons (Fsp3) is 0.455. The molecule has 0 saturated carbocycles. The number of aromatic hydroxyl groups is 1. The highest BCUT2D eigenvalue weighted by Crippen LogP contribution is 2.50. The van der Waals surface area contributed by atoms with Crippen LogP contribution in [0.3, 0.4) is 0 Å². The Morgan fingerprint density at radius 2 is 2.00 bits per heavy atom. The van der Waals surface area contributed by atoms with Crippen molar-refractivity contribution < 1.29 is 32.1 Å². The van der Waals surface area contributed by atoms with Gasteiger partial charge in [-0.25, -0.2) is 17.6 Å². The van der Waals surface area contributed by atoms with Gasteiger partial charge in [0.2, 0.25) is 0 Å². The summed E-state index contributed by atoms with van der Waals surface area (Å²) in [7, 11) is 0. The second kappa shape index (κ2) is 11.0. The standard InChI is InChI=1S/C33H32ClF4N5O3/c1-2-21-22-14-45-30-25-29(28(38)24(26(30)34)19-11-18(44)10-16-4-5-20(36)27(37)23(16)19)40-32(41-31(25)43(22)9-7-39-21)46-15-33-6-3-8-42(33)13-17(35)12-33/h4-5,10-11,17,21-22,39,44H,2-3,6-9,12-15H2,1H3/t17-,21+,22-,33+/m1/s1. The third-order valence-electron chi connectivity index (χ3n) is 10.2. The van der Waals surface area contributed by atoms with Crippen LogP contribution >= 0.6 is 11.6 Å². The van der Waals surface area contributed by atoms with Gasteiger partial charge in [0, 0.05) is 48.6 Å². The summed E-state index contributed by atoms with van der Waals surface area (Å²) in [5.41, 5.74) is -1.12.